The van der Waals surface area contributed by atoms with Gasteiger partial charge in [-0.25, -0.2) is 0 Å². The number of carbonyl (C=O) groups is 1. The van der Waals surface area contributed by atoms with E-state index >= 15 is 0 Å². The number of ether oxygens (including phenoxy) is 1. The van der Waals surface area contributed by atoms with Crippen LogP contribution in [0.15, 0.2) is 48.2 Å². The SMILES string of the molecule is CCCN1C(=O)/C(=C\c2ccc(CC)cc2)Oc2ccc(N)cc21. The normalized spacial score (nSPS) is 15.3. The Hall–Kier alpha value is -2.75. The summed E-state index contributed by atoms with van der Waals surface area (Å²) >= 11 is 0. The van der Waals surface area contributed by atoms with Crippen LogP contribution in [0.25, 0.3) is 6.08 Å². The lowest BCUT2D eigenvalue weighted by Crippen LogP contribution is -2.37. The van der Waals surface area contributed by atoms with Gasteiger partial charge in [-0.2, -0.15) is 0 Å². The van der Waals surface area contributed by atoms with E-state index in [0.717, 1.165) is 24.1 Å². The van der Waals surface area contributed by atoms with Crippen molar-refractivity contribution in [1.82, 2.24) is 0 Å². The summed E-state index contributed by atoms with van der Waals surface area (Å²) in [5.41, 5.74) is 9.43. The molecular formula is C20H22N2O2. The standard InChI is InChI=1S/C20H22N2O2/c1-3-11-22-17-13-16(21)9-10-18(17)24-19(20(22)23)12-15-7-5-14(4-2)6-8-15/h5-10,12-13H,3-4,11,21H2,1-2H3/b19-12+. The second-order valence-electron chi connectivity index (χ2n) is 5.89. The number of benzene rings is 2. The van der Waals surface area contributed by atoms with Crippen LogP contribution in [0, 0.1) is 0 Å². The molecule has 0 bridgehead atoms. The number of carbonyl (C=O) groups excluding carboxylic acids is 1. The van der Waals surface area contributed by atoms with Crippen molar-refractivity contribution in [2.24, 2.45) is 0 Å². The molecule has 4 heteroatoms. The first kappa shape index (κ1) is 16.1. The maximum atomic E-state index is 12.8. The second kappa shape index (κ2) is 6.79. The minimum atomic E-state index is -0.130. The molecule has 24 heavy (non-hydrogen) atoms. The summed E-state index contributed by atoms with van der Waals surface area (Å²) in [7, 11) is 0. The fraction of sp³-hybridized carbons (Fsp3) is 0.250. The molecule has 0 saturated heterocycles. The molecule has 1 heterocycles. The molecule has 1 amide bonds. The highest BCUT2D eigenvalue weighted by Gasteiger charge is 2.29. The molecule has 0 atom stereocenters. The molecule has 4 nitrogen and oxygen atoms in total. The monoisotopic (exact) mass is 322 g/mol. The van der Waals surface area contributed by atoms with Gasteiger partial charge in [-0.15, -0.1) is 0 Å². The van der Waals surface area contributed by atoms with E-state index in [9.17, 15) is 4.79 Å². The Morgan fingerprint density at radius 3 is 2.54 bits per heavy atom. The molecule has 0 spiro atoms. The van der Waals surface area contributed by atoms with Crippen molar-refractivity contribution in [3.05, 3.63) is 59.4 Å². The van der Waals surface area contributed by atoms with Crippen LogP contribution in [0.2, 0.25) is 0 Å². The summed E-state index contributed by atoms with van der Waals surface area (Å²) in [6, 6.07) is 13.5. The summed E-state index contributed by atoms with van der Waals surface area (Å²) in [6.45, 7) is 4.79. The van der Waals surface area contributed by atoms with Crippen LogP contribution < -0.4 is 15.4 Å². The number of nitrogens with two attached hydrogens (primary N) is 1. The molecule has 1 aliphatic heterocycles. The topological polar surface area (TPSA) is 55.6 Å². The van der Waals surface area contributed by atoms with Gasteiger partial charge in [0.2, 0.25) is 0 Å². The fourth-order valence-corrected chi connectivity index (χ4v) is 2.77. The van der Waals surface area contributed by atoms with E-state index in [-0.39, 0.29) is 5.91 Å². The molecule has 0 fully saturated rings. The molecule has 0 aromatic heterocycles. The lowest BCUT2D eigenvalue weighted by atomic mass is 10.1. The Morgan fingerprint density at radius 1 is 1.12 bits per heavy atom. The maximum absolute atomic E-state index is 12.8. The van der Waals surface area contributed by atoms with Gasteiger partial charge in [0.05, 0.1) is 5.69 Å². The molecule has 124 valence electrons. The van der Waals surface area contributed by atoms with Gasteiger partial charge in [0, 0.05) is 12.2 Å². The average molecular weight is 322 g/mol. The number of nitrogens with zero attached hydrogens (tertiary/aromatic N) is 1. The van der Waals surface area contributed by atoms with Gasteiger partial charge in [0.25, 0.3) is 5.91 Å². The number of hydrogen-bond donors (Lipinski definition) is 1. The van der Waals surface area contributed by atoms with Crippen molar-refractivity contribution in [3.8, 4) is 5.75 Å². The molecule has 0 aliphatic carbocycles. The fourth-order valence-electron chi connectivity index (χ4n) is 2.77. The number of nitrogen functional groups attached to an aromatic ring is 1. The largest absolute Gasteiger partial charge is 0.449 e. The highest BCUT2D eigenvalue weighted by Crippen LogP contribution is 2.37. The first-order valence-corrected chi connectivity index (χ1v) is 8.32. The number of fused-ring (bicyclic) bond motifs is 1. The van der Waals surface area contributed by atoms with Crippen molar-refractivity contribution in [2.45, 2.75) is 26.7 Å². The molecule has 3 rings (SSSR count). The lowest BCUT2D eigenvalue weighted by molar-refractivity contribution is -0.117. The van der Waals surface area contributed by atoms with Gasteiger partial charge < -0.3 is 15.4 Å². The van der Waals surface area contributed by atoms with Crippen LogP contribution in [0.5, 0.6) is 5.75 Å². The zero-order chi connectivity index (χ0) is 17.1. The van der Waals surface area contributed by atoms with E-state index in [2.05, 4.69) is 19.1 Å². The molecule has 0 radical (unpaired) electrons. The first-order chi connectivity index (χ1) is 11.6. The van der Waals surface area contributed by atoms with Crippen LogP contribution >= 0.6 is 0 Å². The van der Waals surface area contributed by atoms with E-state index in [1.807, 2.05) is 25.1 Å². The van der Waals surface area contributed by atoms with Crippen LogP contribution in [0.1, 0.15) is 31.4 Å². The summed E-state index contributed by atoms with van der Waals surface area (Å²) in [5.74, 6) is 0.869. The van der Waals surface area contributed by atoms with Gasteiger partial charge in [-0.05, 0) is 48.2 Å². The summed E-state index contributed by atoms with van der Waals surface area (Å²) in [6.07, 6.45) is 3.65. The predicted octanol–water partition coefficient (Wildman–Crippen LogP) is 4.01. The summed E-state index contributed by atoms with van der Waals surface area (Å²) < 4.78 is 5.85. The summed E-state index contributed by atoms with van der Waals surface area (Å²) in [4.78, 5) is 14.5. The minimum absolute atomic E-state index is 0.130. The van der Waals surface area contributed by atoms with E-state index in [4.69, 9.17) is 10.5 Å². The Bertz CT molecular complexity index is 779. The molecule has 2 N–H and O–H groups in total. The Kier molecular flexibility index (Phi) is 4.56. The molecule has 2 aromatic carbocycles. The molecule has 0 saturated carbocycles. The third kappa shape index (κ3) is 3.13. The number of anilines is 2. The number of aryl methyl sites for hydroxylation is 1. The Morgan fingerprint density at radius 2 is 1.88 bits per heavy atom. The second-order valence-corrected chi connectivity index (χ2v) is 5.89. The van der Waals surface area contributed by atoms with E-state index in [1.165, 1.54) is 5.56 Å². The van der Waals surface area contributed by atoms with Crippen LogP contribution in [0.4, 0.5) is 11.4 Å². The van der Waals surface area contributed by atoms with Crippen LogP contribution in [-0.2, 0) is 11.2 Å². The van der Waals surface area contributed by atoms with Gasteiger partial charge in [-0.1, -0.05) is 38.1 Å². The maximum Gasteiger partial charge on any atom is 0.294 e. The highest BCUT2D eigenvalue weighted by atomic mass is 16.5. The van der Waals surface area contributed by atoms with Gasteiger partial charge in [-0.3, -0.25) is 4.79 Å². The zero-order valence-corrected chi connectivity index (χ0v) is 14.1. The van der Waals surface area contributed by atoms with Gasteiger partial charge >= 0.3 is 0 Å². The van der Waals surface area contributed by atoms with Crippen LogP contribution in [-0.4, -0.2) is 12.5 Å². The molecule has 1 aliphatic rings. The lowest BCUT2D eigenvalue weighted by Gasteiger charge is -2.30. The Balaban J connectivity index is 1.98. The van der Waals surface area contributed by atoms with Crippen molar-refractivity contribution < 1.29 is 9.53 Å². The summed E-state index contributed by atoms with van der Waals surface area (Å²) in [5, 5.41) is 0. The zero-order valence-electron chi connectivity index (χ0n) is 14.1. The van der Waals surface area contributed by atoms with Crippen molar-refractivity contribution in [3.63, 3.8) is 0 Å². The van der Waals surface area contributed by atoms with Crippen LogP contribution in [0.3, 0.4) is 0 Å². The minimum Gasteiger partial charge on any atom is -0.449 e. The van der Waals surface area contributed by atoms with Crippen molar-refractivity contribution in [2.75, 3.05) is 17.2 Å². The third-order valence-electron chi connectivity index (χ3n) is 4.08. The number of amides is 1. The van der Waals surface area contributed by atoms with Crippen molar-refractivity contribution in [1.29, 1.82) is 0 Å². The highest BCUT2D eigenvalue weighted by molar-refractivity contribution is 6.10. The number of hydrogen-bond acceptors (Lipinski definition) is 3. The van der Waals surface area contributed by atoms with E-state index in [1.54, 1.807) is 23.1 Å². The molecule has 0 unspecified atom stereocenters. The number of rotatable bonds is 4. The quantitative estimate of drug-likeness (QED) is 0.683. The molecule has 2 aromatic rings. The Labute approximate surface area is 142 Å². The smallest absolute Gasteiger partial charge is 0.294 e. The van der Waals surface area contributed by atoms with E-state index in [0.29, 0.717) is 23.7 Å². The third-order valence-corrected chi connectivity index (χ3v) is 4.08. The van der Waals surface area contributed by atoms with Crippen molar-refractivity contribution >= 4 is 23.4 Å². The van der Waals surface area contributed by atoms with Gasteiger partial charge in [0.1, 0.15) is 0 Å². The average Bonchev–Trinajstić information content (AvgIpc) is 2.60. The van der Waals surface area contributed by atoms with E-state index < -0.39 is 0 Å². The molecular weight excluding hydrogens is 300 g/mol. The van der Waals surface area contributed by atoms with Gasteiger partial charge in [0.15, 0.2) is 11.5 Å². The first-order valence-electron chi connectivity index (χ1n) is 8.32. The predicted molar refractivity (Wildman–Crippen MR) is 97.9 cm³/mol.